The van der Waals surface area contributed by atoms with Crippen LogP contribution in [0, 0.1) is 0 Å². The molecule has 1 atom stereocenters. The molecule has 2 aromatic carbocycles. The summed E-state index contributed by atoms with van der Waals surface area (Å²) in [6.45, 7) is 0. The van der Waals surface area contributed by atoms with Gasteiger partial charge in [0, 0.05) is 28.3 Å². The summed E-state index contributed by atoms with van der Waals surface area (Å²) >= 11 is 0. The van der Waals surface area contributed by atoms with Crippen LogP contribution in [0.2, 0.25) is 0 Å². The largest absolute Gasteiger partial charge is 0.497 e. The van der Waals surface area contributed by atoms with Gasteiger partial charge in [0.1, 0.15) is 5.75 Å². The van der Waals surface area contributed by atoms with Crippen molar-refractivity contribution in [3.8, 4) is 11.4 Å². The molecule has 0 fully saturated rings. The first-order valence-electron chi connectivity index (χ1n) is 7.31. The lowest BCUT2D eigenvalue weighted by Crippen LogP contribution is -1.99. The van der Waals surface area contributed by atoms with Crippen LogP contribution in [0.25, 0.3) is 5.69 Å². The first-order chi connectivity index (χ1) is 11.2. The van der Waals surface area contributed by atoms with Crippen molar-refractivity contribution in [2.24, 2.45) is 0 Å². The molecule has 1 unspecified atom stereocenters. The first-order valence-corrected chi connectivity index (χ1v) is 8.80. The van der Waals surface area contributed by atoms with Gasteiger partial charge in [-0.15, -0.1) is 0 Å². The van der Waals surface area contributed by atoms with Gasteiger partial charge in [-0.25, -0.2) is 4.68 Å². The summed E-state index contributed by atoms with van der Waals surface area (Å²) in [5, 5.41) is 4.34. The molecule has 0 saturated carbocycles. The number of aromatic nitrogens is 2. The molecule has 0 aliphatic heterocycles. The molecule has 1 aromatic heterocycles. The Hall–Kier alpha value is -2.40. The maximum Gasteiger partial charge on any atom is 0.119 e. The molecule has 3 rings (SSSR count). The van der Waals surface area contributed by atoms with E-state index >= 15 is 0 Å². The van der Waals surface area contributed by atoms with Gasteiger partial charge in [-0.3, -0.25) is 4.21 Å². The maximum absolute atomic E-state index is 12.4. The molecular weight excluding hydrogens is 308 g/mol. The molecule has 0 N–H and O–H groups in total. The first kappa shape index (κ1) is 15.5. The Labute approximate surface area is 138 Å². The molecule has 0 aliphatic carbocycles. The third-order valence-electron chi connectivity index (χ3n) is 3.45. The number of rotatable bonds is 6. The lowest BCUT2D eigenvalue weighted by Gasteiger charge is -2.04. The molecule has 118 valence electrons. The van der Waals surface area contributed by atoms with Crippen LogP contribution >= 0.6 is 0 Å². The van der Waals surface area contributed by atoms with Gasteiger partial charge in [0.15, 0.2) is 0 Å². The van der Waals surface area contributed by atoms with E-state index in [9.17, 15) is 4.21 Å². The summed E-state index contributed by atoms with van der Waals surface area (Å²) in [6, 6.07) is 17.6. The number of hydrogen-bond donors (Lipinski definition) is 0. The topological polar surface area (TPSA) is 44.1 Å². The van der Waals surface area contributed by atoms with Crippen molar-refractivity contribution in [3.05, 3.63) is 78.1 Å². The summed E-state index contributed by atoms with van der Waals surface area (Å²) in [4.78, 5) is 0. The van der Waals surface area contributed by atoms with Crippen LogP contribution in [-0.2, 0) is 22.3 Å². The van der Waals surface area contributed by atoms with Crippen LogP contribution in [0.15, 0.2) is 67.0 Å². The lowest BCUT2D eigenvalue weighted by molar-refractivity contribution is 0.414. The predicted molar refractivity (Wildman–Crippen MR) is 92.1 cm³/mol. The molecule has 0 amide bonds. The molecule has 0 spiro atoms. The second kappa shape index (κ2) is 7.24. The highest BCUT2D eigenvalue weighted by atomic mass is 32.2. The van der Waals surface area contributed by atoms with Crippen molar-refractivity contribution < 1.29 is 8.95 Å². The number of para-hydroxylation sites is 1. The number of methoxy groups -OCH3 is 1. The summed E-state index contributed by atoms with van der Waals surface area (Å²) in [6.07, 6.45) is 3.70. The van der Waals surface area contributed by atoms with E-state index in [-0.39, 0.29) is 0 Å². The van der Waals surface area contributed by atoms with Crippen molar-refractivity contribution >= 4 is 10.8 Å². The zero-order valence-electron chi connectivity index (χ0n) is 12.9. The predicted octanol–water partition coefficient (Wildman–Crippen LogP) is 3.33. The summed E-state index contributed by atoms with van der Waals surface area (Å²) in [7, 11) is 0.649. The summed E-state index contributed by atoms with van der Waals surface area (Å²) < 4.78 is 19.4. The van der Waals surface area contributed by atoms with Gasteiger partial charge in [0.25, 0.3) is 0 Å². The average Bonchev–Trinajstić information content (AvgIpc) is 3.04. The van der Waals surface area contributed by atoms with E-state index in [1.54, 1.807) is 18.0 Å². The Morgan fingerprint density at radius 3 is 2.61 bits per heavy atom. The number of ether oxygens (including phenoxy) is 1. The van der Waals surface area contributed by atoms with E-state index in [4.69, 9.17) is 4.74 Å². The Balaban J connectivity index is 1.65. The van der Waals surface area contributed by atoms with E-state index in [0.29, 0.717) is 11.5 Å². The van der Waals surface area contributed by atoms with Crippen molar-refractivity contribution in [2.75, 3.05) is 7.11 Å². The summed E-state index contributed by atoms with van der Waals surface area (Å²) in [5.41, 5.74) is 2.98. The van der Waals surface area contributed by atoms with Crippen molar-refractivity contribution in [3.63, 3.8) is 0 Å². The molecule has 23 heavy (non-hydrogen) atoms. The van der Waals surface area contributed by atoms with Gasteiger partial charge in [-0.2, -0.15) is 5.10 Å². The molecule has 0 saturated heterocycles. The van der Waals surface area contributed by atoms with Gasteiger partial charge >= 0.3 is 0 Å². The minimum atomic E-state index is -0.984. The quantitative estimate of drug-likeness (QED) is 0.698. The van der Waals surface area contributed by atoms with Crippen LogP contribution in [0.5, 0.6) is 5.75 Å². The SMILES string of the molecule is COc1cccc(CS(=O)Cc2cnn(-c3ccccc3)c2)c1. The lowest BCUT2D eigenvalue weighted by atomic mass is 10.2. The second-order valence-corrected chi connectivity index (χ2v) is 6.67. The molecule has 5 heteroatoms. The minimum absolute atomic E-state index is 0.490. The Morgan fingerprint density at radius 1 is 1.04 bits per heavy atom. The normalized spacial score (nSPS) is 12.0. The summed E-state index contributed by atoms with van der Waals surface area (Å²) in [5.74, 6) is 1.79. The van der Waals surface area contributed by atoms with Crippen LogP contribution < -0.4 is 4.74 Å². The molecule has 4 nitrogen and oxygen atoms in total. The molecule has 0 bridgehead atoms. The zero-order valence-corrected chi connectivity index (χ0v) is 13.7. The highest BCUT2D eigenvalue weighted by Crippen LogP contribution is 2.16. The number of nitrogens with zero attached hydrogens (tertiary/aromatic N) is 2. The van der Waals surface area contributed by atoms with Gasteiger partial charge < -0.3 is 4.74 Å². The van der Waals surface area contributed by atoms with E-state index in [2.05, 4.69) is 5.10 Å². The minimum Gasteiger partial charge on any atom is -0.497 e. The van der Waals surface area contributed by atoms with Crippen LogP contribution in [0.4, 0.5) is 0 Å². The van der Waals surface area contributed by atoms with Gasteiger partial charge in [-0.1, -0.05) is 30.3 Å². The van der Waals surface area contributed by atoms with E-state index in [0.717, 1.165) is 22.6 Å². The maximum atomic E-state index is 12.4. The Morgan fingerprint density at radius 2 is 1.83 bits per heavy atom. The molecule has 0 radical (unpaired) electrons. The highest BCUT2D eigenvalue weighted by Gasteiger charge is 2.07. The van der Waals surface area contributed by atoms with Crippen LogP contribution in [-0.4, -0.2) is 21.1 Å². The second-order valence-electron chi connectivity index (χ2n) is 5.21. The van der Waals surface area contributed by atoms with Crippen LogP contribution in [0.1, 0.15) is 11.1 Å². The van der Waals surface area contributed by atoms with Crippen molar-refractivity contribution in [1.29, 1.82) is 0 Å². The molecular formula is C18H18N2O2S. The fourth-order valence-corrected chi connectivity index (χ4v) is 3.52. The molecule has 0 aliphatic rings. The highest BCUT2D eigenvalue weighted by molar-refractivity contribution is 7.83. The fraction of sp³-hybridized carbons (Fsp3) is 0.167. The molecule has 3 aromatic rings. The Kier molecular flexibility index (Phi) is 4.88. The van der Waals surface area contributed by atoms with E-state index < -0.39 is 10.8 Å². The third-order valence-corrected chi connectivity index (χ3v) is 4.76. The van der Waals surface area contributed by atoms with Crippen LogP contribution in [0.3, 0.4) is 0 Å². The van der Waals surface area contributed by atoms with E-state index in [1.807, 2.05) is 60.8 Å². The third kappa shape index (κ3) is 4.07. The van der Waals surface area contributed by atoms with Crippen molar-refractivity contribution in [2.45, 2.75) is 11.5 Å². The van der Waals surface area contributed by atoms with Gasteiger partial charge in [0.2, 0.25) is 0 Å². The smallest absolute Gasteiger partial charge is 0.119 e. The average molecular weight is 326 g/mol. The number of benzene rings is 2. The standard InChI is InChI=1S/C18H18N2O2S/c1-22-18-9-5-6-15(10-18)13-23(21)14-16-11-19-20(12-16)17-7-3-2-4-8-17/h2-12H,13-14H2,1H3. The monoisotopic (exact) mass is 326 g/mol. The van der Waals surface area contributed by atoms with Gasteiger partial charge in [0.05, 0.1) is 24.7 Å². The fourth-order valence-electron chi connectivity index (χ4n) is 2.34. The Bertz CT molecular complexity index is 800. The van der Waals surface area contributed by atoms with E-state index in [1.165, 1.54) is 0 Å². The van der Waals surface area contributed by atoms with Crippen molar-refractivity contribution in [1.82, 2.24) is 9.78 Å². The zero-order chi connectivity index (χ0) is 16.1. The number of hydrogen-bond acceptors (Lipinski definition) is 3. The van der Waals surface area contributed by atoms with Gasteiger partial charge in [-0.05, 0) is 29.8 Å². The molecule has 1 heterocycles.